The number of benzene rings is 1. The van der Waals surface area contributed by atoms with Gasteiger partial charge in [0, 0.05) is 0 Å². The van der Waals surface area contributed by atoms with Gasteiger partial charge in [0.05, 0.1) is 22.9 Å². The number of rotatable bonds is 5. The zero-order chi connectivity index (χ0) is 13.9. The smallest absolute Gasteiger partial charge is 0.180 e. The van der Waals surface area contributed by atoms with Crippen LogP contribution in [0.2, 0.25) is 0 Å². The first-order chi connectivity index (χ1) is 9.03. The fourth-order valence-corrected chi connectivity index (χ4v) is 3.20. The van der Waals surface area contributed by atoms with Crippen molar-refractivity contribution in [2.45, 2.75) is 18.4 Å². The van der Waals surface area contributed by atoms with E-state index in [1.807, 2.05) is 18.2 Å². The molecule has 102 valence electrons. The second-order valence-electron chi connectivity index (χ2n) is 3.96. The second kappa shape index (κ2) is 5.96. The van der Waals surface area contributed by atoms with E-state index in [9.17, 15) is 8.42 Å². The van der Waals surface area contributed by atoms with E-state index < -0.39 is 9.84 Å². The number of sulfone groups is 1. The molecule has 0 fully saturated rings. The quantitative estimate of drug-likeness (QED) is 0.795. The Morgan fingerprint density at radius 3 is 2.58 bits per heavy atom. The number of nitrogens with one attached hydrogen (secondary N) is 1. The van der Waals surface area contributed by atoms with Crippen LogP contribution in [0.25, 0.3) is 0 Å². The number of anilines is 1. The average Bonchev–Trinajstić information content (AvgIpc) is 2.82. The van der Waals surface area contributed by atoms with Gasteiger partial charge >= 0.3 is 0 Å². The molecule has 2 rings (SSSR count). The minimum atomic E-state index is -3.22. The lowest BCUT2D eigenvalue weighted by molar-refractivity contribution is 0.492. The maximum Gasteiger partial charge on any atom is 0.180 e. The van der Waals surface area contributed by atoms with E-state index in [0.29, 0.717) is 17.1 Å². The van der Waals surface area contributed by atoms with Gasteiger partial charge in [0.25, 0.3) is 0 Å². The van der Waals surface area contributed by atoms with Crippen molar-refractivity contribution in [1.29, 1.82) is 0 Å². The summed E-state index contributed by atoms with van der Waals surface area (Å²) < 4.78 is 30.2. The molecule has 0 unspecified atom stereocenters. The van der Waals surface area contributed by atoms with Crippen LogP contribution in [0.15, 0.2) is 45.7 Å². The third kappa shape index (κ3) is 3.50. The van der Waals surface area contributed by atoms with E-state index in [4.69, 9.17) is 4.42 Å². The molecule has 1 heterocycles. The summed E-state index contributed by atoms with van der Waals surface area (Å²) in [5.41, 5.74) is 0.607. The van der Waals surface area contributed by atoms with Gasteiger partial charge in [-0.2, -0.15) is 0 Å². The summed E-state index contributed by atoms with van der Waals surface area (Å²) in [5, 5.41) is 3.11. The molecule has 6 heteroatoms. The van der Waals surface area contributed by atoms with Crippen molar-refractivity contribution >= 4 is 38.1 Å². The van der Waals surface area contributed by atoms with Crippen LogP contribution >= 0.6 is 22.6 Å². The van der Waals surface area contributed by atoms with Crippen molar-refractivity contribution in [3.63, 3.8) is 0 Å². The number of para-hydroxylation sites is 1. The average molecular weight is 391 g/mol. The molecule has 0 saturated carbocycles. The summed E-state index contributed by atoms with van der Waals surface area (Å²) in [6, 6.07) is 10.6. The number of halogens is 1. The van der Waals surface area contributed by atoms with Crippen molar-refractivity contribution in [3.05, 3.63) is 45.9 Å². The Kier molecular flexibility index (Phi) is 4.51. The molecular formula is C13H14INO3S. The van der Waals surface area contributed by atoms with E-state index in [1.54, 1.807) is 25.1 Å². The molecule has 0 aliphatic carbocycles. The maximum absolute atomic E-state index is 12.0. The highest BCUT2D eigenvalue weighted by molar-refractivity contribution is 14.1. The van der Waals surface area contributed by atoms with Gasteiger partial charge in [0.2, 0.25) is 0 Å². The topological polar surface area (TPSA) is 59.3 Å². The molecule has 0 aliphatic heterocycles. The van der Waals surface area contributed by atoms with E-state index in [-0.39, 0.29) is 5.75 Å². The Balaban J connectivity index is 2.21. The lowest BCUT2D eigenvalue weighted by atomic mass is 10.3. The van der Waals surface area contributed by atoms with Crippen molar-refractivity contribution in [1.82, 2.24) is 0 Å². The predicted octanol–water partition coefficient (Wildman–Crippen LogP) is 3.29. The van der Waals surface area contributed by atoms with Crippen LogP contribution in [0.4, 0.5) is 5.69 Å². The Morgan fingerprint density at radius 1 is 1.21 bits per heavy atom. The SMILES string of the molecule is CCS(=O)(=O)c1ccccc1NCc1ccc(I)o1. The van der Waals surface area contributed by atoms with Crippen molar-refractivity contribution in [3.8, 4) is 0 Å². The van der Waals surface area contributed by atoms with Crippen LogP contribution in [-0.4, -0.2) is 14.2 Å². The van der Waals surface area contributed by atoms with Crippen LogP contribution in [-0.2, 0) is 16.4 Å². The van der Waals surface area contributed by atoms with Crippen LogP contribution in [0.3, 0.4) is 0 Å². The molecule has 1 aromatic heterocycles. The lowest BCUT2D eigenvalue weighted by Gasteiger charge is -2.10. The highest BCUT2D eigenvalue weighted by atomic mass is 127. The van der Waals surface area contributed by atoms with E-state index in [2.05, 4.69) is 27.9 Å². The first-order valence-corrected chi connectivity index (χ1v) is 8.56. The van der Waals surface area contributed by atoms with Gasteiger partial charge < -0.3 is 9.73 Å². The van der Waals surface area contributed by atoms with Crippen LogP contribution in [0.5, 0.6) is 0 Å². The molecule has 4 nitrogen and oxygen atoms in total. The Labute approximate surface area is 126 Å². The normalized spacial score (nSPS) is 11.5. The largest absolute Gasteiger partial charge is 0.454 e. The summed E-state index contributed by atoms with van der Waals surface area (Å²) in [4.78, 5) is 0.332. The monoisotopic (exact) mass is 391 g/mol. The maximum atomic E-state index is 12.0. The molecule has 19 heavy (non-hydrogen) atoms. The molecule has 0 radical (unpaired) electrons. The molecule has 0 atom stereocenters. The number of furan rings is 1. The molecule has 0 spiro atoms. The molecule has 0 bridgehead atoms. The molecular weight excluding hydrogens is 377 g/mol. The molecule has 2 aromatic rings. The Hall–Kier alpha value is -1.02. The Morgan fingerprint density at radius 2 is 1.95 bits per heavy atom. The fraction of sp³-hybridized carbons (Fsp3) is 0.231. The molecule has 1 aromatic carbocycles. The van der Waals surface area contributed by atoms with Crippen molar-refractivity contribution < 1.29 is 12.8 Å². The van der Waals surface area contributed by atoms with Gasteiger partial charge in [-0.3, -0.25) is 0 Å². The van der Waals surface area contributed by atoms with Gasteiger partial charge in [0.15, 0.2) is 13.6 Å². The second-order valence-corrected chi connectivity index (χ2v) is 7.27. The van der Waals surface area contributed by atoms with Crippen molar-refractivity contribution in [2.75, 3.05) is 11.1 Å². The zero-order valence-corrected chi connectivity index (χ0v) is 13.4. The summed E-state index contributed by atoms with van der Waals surface area (Å²) in [7, 11) is -3.22. The zero-order valence-electron chi connectivity index (χ0n) is 10.4. The van der Waals surface area contributed by atoms with Crippen LogP contribution in [0.1, 0.15) is 12.7 Å². The third-order valence-corrected chi connectivity index (χ3v) is 5.05. The predicted molar refractivity (Wildman–Crippen MR) is 82.9 cm³/mol. The highest BCUT2D eigenvalue weighted by Gasteiger charge is 2.15. The Bertz CT molecular complexity index is 664. The first-order valence-electron chi connectivity index (χ1n) is 5.83. The molecule has 0 amide bonds. The summed E-state index contributed by atoms with van der Waals surface area (Å²) in [6.45, 7) is 2.10. The minimum absolute atomic E-state index is 0.0876. The highest BCUT2D eigenvalue weighted by Crippen LogP contribution is 2.23. The summed E-state index contributed by atoms with van der Waals surface area (Å²) in [5.74, 6) is 0.859. The minimum Gasteiger partial charge on any atom is -0.454 e. The van der Waals surface area contributed by atoms with Gasteiger partial charge in [-0.05, 0) is 46.9 Å². The molecule has 0 aliphatic rings. The first kappa shape index (κ1) is 14.4. The van der Waals surface area contributed by atoms with Gasteiger partial charge in [-0.1, -0.05) is 19.1 Å². The van der Waals surface area contributed by atoms with E-state index in [1.165, 1.54) is 0 Å². The van der Waals surface area contributed by atoms with E-state index >= 15 is 0 Å². The van der Waals surface area contributed by atoms with Crippen LogP contribution < -0.4 is 5.32 Å². The van der Waals surface area contributed by atoms with Gasteiger partial charge in [-0.15, -0.1) is 0 Å². The number of hydrogen-bond acceptors (Lipinski definition) is 4. The molecule has 0 saturated heterocycles. The van der Waals surface area contributed by atoms with E-state index in [0.717, 1.165) is 9.53 Å². The van der Waals surface area contributed by atoms with Gasteiger partial charge in [0.1, 0.15) is 5.76 Å². The summed E-state index contributed by atoms with van der Waals surface area (Å²) in [6.07, 6.45) is 0. The standard InChI is InChI=1S/C13H14INO3S/c1-2-19(16,17)12-6-4-3-5-11(12)15-9-10-7-8-13(14)18-10/h3-8,15H,2,9H2,1H3. The fourth-order valence-electron chi connectivity index (χ4n) is 1.67. The van der Waals surface area contributed by atoms with Gasteiger partial charge in [-0.25, -0.2) is 8.42 Å². The van der Waals surface area contributed by atoms with Crippen molar-refractivity contribution in [2.24, 2.45) is 0 Å². The third-order valence-electron chi connectivity index (χ3n) is 2.68. The number of hydrogen-bond donors (Lipinski definition) is 1. The molecule has 1 N–H and O–H groups in total. The summed E-state index contributed by atoms with van der Waals surface area (Å²) >= 11 is 2.09. The lowest BCUT2D eigenvalue weighted by Crippen LogP contribution is -2.08. The van der Waals surface area contributed by atoms with Crippen LogP contribution in [0, 0.1) is 3.77 Å².